The van der Waals surface area contributed by atoms with Crippen LogP contribution in [0.2, 0.25) is 0 Å². The van der Waals surface area contributed by atoms with Crippen molar-refractivity contribution in [2.75, 3.05) is 6.61 Å². The van der Waals surface area contributed by atoms with E-state index in [1.807, 2.05) is 24.3 Å². The summed E-state index contributed by atoms with van der Waals surface area (Å²) < 4.78 is 11.5. The molecule has 0 aliphatic heterocycles. The highest BCUT2D eigenvalue weighted by Crippen LogP contribution is 2.13. The Labute approximate surface area is 183 Å². The standard InChI is InChI=1S/C23H35IO4/c1-2-3-4-5-6-7-8-9-10-13-18-27-22(25)16-17-23(26)28-19-20-14-11-12-15-21(20)24/h11-12,14-15H,2-10,13,16-19H2,1H3. The molecule has 28 heavy (non-hydrogen) atoms. The van der Waals surface area contributed by atoms with Gasteiger partial charge in [-0.25, -0.2) is 0 Å². The lowest BCUT2D eigenvalue weighted by atomic mass is 10.1. The Morgan fingerprint density at radius 2 is 1.32 bits per heavy atom. The molecule has 0 aliphatic carbocycles. The molecule has 0 heterocycles. The summed E-state index contributed by atoms with van der Waals surface area (Å²) in [5, 5.41) is 0. The highest BCUT2D eigenvalue weighted by Gasteiger charge is 2.10. The first kappa shape index (κ1) is 24.9. The van der Waals surface area contributed by atoms with E-state index in [0.29, 0.717) is 6.61 Å². The maximum Gasteiger partial charge on any atom is 0.306 e. The molecule has 0 saturated heterocycles. The number of esters is 2. The third kappa shape index (κ3) is 13.1. The van der Waals surface area contributed by atoms with Gasteiger partial charge in [-0.3, -0.25) is 9.59 Å². The summed E-state index contributed by atoms with van der Waals surface area (Å²) in [5.41, 5.74) is 0.972. The molecule has 0 spiro atoms. The highest BCUT2D eigenvalue weighted by molar-refractivity contribution is 14.1. The molecule has 0 saturated carbocycles. The molecular formula is C23H35IO4. The van der Waals surface area contributed by atoms with E-state index in [1.165, 1.54) is 51.4 Å². The van der Waals surface area contributed by atoms with Crippen molar-refractivity contribution in [2.45, 2.75) is 90.6 Å². The van der Waals surface area contributed by atoms with Crippen LogP contribution in [0.5, 0.6) is 0 Å². The number of rotatable bonds is 16. The second-order valence-electron chi connectivity index (χ2n) is 7.15. The molecule has 1 rings (SSSR count). The molecule has 0 unspecified atom stereocenters. The van der Waals surface area contributed by atoms with Crippen molar-refractivity contribution in [1.29, 1.82) is 0 Å². The molecule has 0 atom stereocenters. The van der Waals surface area contributed by atoms with Gasteiger partial charge in [0, 0.05) is 9.13 Å². The van der Waals surface area contributed by atoms with Crippen LogP contribution in [-0.4, -0.2) is 18.5 Å². The largest absolute Gasteiger partial charge is 0.466 e. The number of hydrogen-bond donors (Lipinski definition) is 0. The summed E-state index contributed by atoms with van der Waals surface area (Å²) >= 11 is 2.21. The van der Waals surface area contributed by atoms with Crippen molar-refractivity contribution in [3.8, 4) is 0 Å². The van der Waals surface area contributed by atoms with Crippen LogP contribution in [0.3, 0.4) is 0 Å². The van der Waals surface area contributed by atoms with Gasteiger partial charge in [0.05, 0.1) is 19.4 Å². The van der Waals surface area contributed by atoms with Crippen molar-refractivity contribution in [2.24, 2.45) is 0 Å². The van der Waals surface area contributed by atoms with Gasteiger partial charge in [0.25, 0.3) is 0 Å². The summed E-state index contributed by atoms with van der Waals surface area (Å²) in [5.74, 6) is -0.683. The quantitative estimate of drug-likeness (QED) is 0.146. The normalized spacial score (nSPS) is 10.6. The number of benzene rings is 1. The average molecular weight is 502 g/mol. The number of ether oxygens (including phenoxy) is 2. The fraction of sp³-hybridized carbons (Fsp3) is 0.652. The Morgan fingerprint density at radius 3 is 1.93 bits per heavy atom. The zero-order chi connectivity index (χ0) is 20.5. The Bertz CT molecular complexity index is 559. The van der Waals surface area contributed by atoms with Gasteiger partial charge < -0.3 is 9.47 Å². The Kier molecular flexibility index (Phi) is 15.0. The van der Waals surface area contributed by atoms with Gasteiger partial charge >= 0.3 is 11.9 Å². The van der Waals surface area contributed by atoms with Gasteiger partial charge in [0.1, 0.15) is 6.61 Å². The van der Waals surface area contributed by atoms with Crippen LogP contribution >= 0.6 is 22.6 Å². The molecule has 0 N–H and O–H groups in total. The summed E-state index contributed by atoms with van der Waals surface area (Å²) in [4.78, 5) is 23.5. The molecular weight excluding hydrogens is 467 g/mol. The molecule has 0 bridgehead atoms. The molecule has 1 aromatic rings. The van der Waals surface area contributed by atoms with Crippen molar-refractivity contribution < 1.29 is 19.1 Å². The fourth-order valence-electron chi connectivity index (χ4n) is 2.90. The van der Waals surface area contributed by atoms with E-state index in [0.717, 1.165) is 22.0 Å². The predicted molar refractivity (Wildman–Crippen MR) is 121 cm³/mol. The number of hydrogen-bond acceptors (Lipinski definition) is 4. The maximum absolute atomic E-state index is 11.8. The van der Waals surface area contributed by atoms with Crippen LogP contribution in [0.25, 0.3) is 0 Å². The summed E-state index contributed by atoms with van der Waals surface area (Å²) in [6, 6.07) is 7.75. The van der Waals surface area contributed by atoms with E-state index in [-0.39, 0.29) is 31.4 Å². The smallest absolute Gasteiger partial charge is 0.306 e. The minimum Gasteiger partial charge on any atom is -0.466 e. The lowest BCUT2D eigenvalue weighted by Crippen LogP contribution is -2.11. The Balaban J connectivity index is 1.93. The van der Waals surface area contributed by atoms with Crippen LogP contribution in [-0.2, 0) is 25.7 Å². The Morgan fingerprint density at radius 1 is 0.786 bits per heavy atom. The van der Waals surface area contributed by atoms with Crippen LogP contribution in [0.4, 0.5) is 0 Å². The van der Waals surface area contributed by atoms with Crippen molar-refractivity contribution in [3.05, 3.63) is 33.4 Å². The van der Waals surface area contributed by atoms with Crippen LogP contribution < -0.4 is 0 Å². The minimum absolute atomic E-state index is 0.0697. The Hall–Kier alpha value is -1.11. The second kappa shape index (κ2) is 16.8. The summed E-state index contributed by atoms with van der Waals surface area (Å²) in [6.07, 6.45) is 12.7. The average Bonchev–Trinajstić information content (AvgIpc) is 2.70. The van der Waals surface area contributed by atoms with Gasteiger partial charge in [-0.1, -0.05) is 82.9 Å². The zero-order valence-electron chi connectivity index (χ0n) is 17.2. The van der Waals surface area contributed by atoms with Gasteiger partial charge in [-0.05, 0) is 35.1 Å². The minimum atomic E-state index is -0.365. The van der Waals surface area contributed by atoms with Gasteiger partial charge in [-0.2, -0.15) is 0 Å². The number of halogens is 1. The van der Waals surface area contributed by atoms with E-state index < -0.39 is 0 Å². The molecule has 4 nitrogen and oxygen atoms in total. The first-order chi connectivity index (χ1) is 13.6. The topological polar surface area (TPSA) is 52.6 Å². The van der Waals surface area contributed by atoms with Gasteiger partial charge in [0.15, 0.2) is 0 Å². The van der Waals surface area contributed by atoms with Crippen LogP contribution in [0.1, 0.15) is 89.5 Å². The van der Waals surface area contributed by atoms with E-state index in [4.69, 9.17) is 9.47 Å². The van der Waals surface area contributed by atoms with Crippen molar-refractivity contribution in [1.82, 2.24) is 0 Å². The number of carbonyl (C=O) groups excluding carboxylic acids is 2. The van der Waals surface area contributed by atoms with E-state index in [9.17, 15) is 9.59 Å². The van der Waals surface area contributed by atoms with E-state index >= 15 is 0 Å². The first-order valence-electron chi connectivity index (χ1n) is 10.7. The molecule has 0 amide bonds. The molecule has 158 valence electrons. The summed E-state index contributed by atoms with van der Waals surface area (Å²) in [7, 11) is 0. The predicted octanol–water partition coefficient (Wildman–Crippen LogP) is 6.58. The monoisotopic (exact) mass is 502 g/mol. The first-order valence-corrected chi connectivity index (χ1v) is 11.8. The van der Waals surface area contributed by atoms with Crippen molar-refractivity contribution >= 4 is 34.5 Å². The lowest BCUT2D eigenvalue weighted by molar-refractivity contribution is -0.151. The third-order valence-electron chi connectivity index (χ3n) is 4.64. The molecule has 1 aromatic carbocycles. The van der Waals surface area contributed by atoms with Gasteiger partial charge in [0.2, 0.25) is 0 Å². The molecule has 0 radical (unpaired) electrons. The maximum atomic E-state index is 11.8. The molecule has 5 heteroatoms. The third-order valence-corrected chi connectivity index (χ3v) is 5.69. The highest BCUT2D eigenvalue weighted by atomic mass is 127. The van der Waals surface area contributed by atoms with E-state index in [2.05, 4.69) is 29.5 Å². The number of unbranched alkanes of at least 4 members (excludes halogenated alkanes) is 9. The molecule has 0 aliphatic rings. The van der Waals surface area contributed by atoms with Crippen LogP contribution in [0, 0.1) is 3.57 Å². The SMILES string of the molecule is CCCCCCCCCCCCOC(=O)CCC(=O)OCc1ccccc1I. The molecule has 0 aromatic heterocycles. The fourth-order valence-corrected chi connectivity index (χ4v) is 3.44. The zero-order valence-corrected chi connectivity index (χ0v) is 19.4. The van der Waals surface area contributed by atoms with Crippen LogP contribution in [0.15, 0.2) is 24.3 Å². The number of carbonyl (C=O) groups is 2. The summed E-state index contributed by atoms with van der Waals surface area (Å²) in [6.45, 7) is 2.93. The van der Waals surface area contributed by atoms with Gasteiger partial charge in [-0.15, -0.1) is 0 Å². The van der Waals surface area contributed by atoms with E-state index in [1.54, 1.807) is 0 Å². The lowest BCUT2D eigenvalue weighted by Gasteiger charge is -2.07. The van der Waals surface area contributed by atoms with Crippen molar-refractivity contribution in [3.63, 3.8) is 0 Å². The second-order valence-corrected chi connectivity index (χ2v) is 8.32. The molecule has 0 fully saturated rings.